The standard InChI is InChI=1S/C13H22O6S/c1-3-8-20(16,17)9-6-13(12(15)19-4-2)10-18-7-5-11(13)14/h3-10H2,1-2H3. The number of esters is 1. The van der Waals surface area contributed by atoms with Crippen LogP contribution in [0.3, 0.4) is 0 Å². The number of ether oxygens (including phenoxy) is 2. The Hall–Kier alpha value is -0.950. The molecule has 1 heterocycles. The van der Waals surface area contributed by atoms with Gasteiger partial charge in [-0.1, -0.05) is 6.92 Å². The molecule has 1 aliphatic rings. The predicted octanol–water partition coefficient (Wildman–Crippen LogP) is 0.740. The molecule has 20 heavy (non-hydrogen) atoms. The molecule has 0 aromatic heterocycles. The van der Waals surface area contributed by atoms with Crippen molar-refractivity contribution in [2.75, 3.05) is 31.3 Å². The van der Waals surface area contributed by atoms with Gasteiger partial charge in [0.1, 0.15) is 9.84 Å². The number of hydrogen-bond donors (Lipinski definition) is 0. The largest absolute Gasteiger partial charge is 0.465 e. The number of sulfone groups is 1. The van der Waals surface area contributed by atoms with Gasteiger partial charge in [0.2, 0.25) is 0 Å². The van der Waals surface area contributed by atoms with Crippen LogP contribution in [0.25, 0.3) is 0 Å². The maximum absolute atomic E-state index is 12.1. The topological polar surface area (TPSA) is 86.7 Å². The lowest BCUT2D eigenvalue weighted by molar-refractivity contribution is -0.169. The van der Waals surface area contributed by atoms with Crippen LogP contribution in [0.15, 0.2) is 0 Å². The first-order valence-electron chi connectivity index (χ1n) is 6.86. The summed E-state index contributed by atoms with van der Waals surface area (Å²) < 4.78 is 33.8. The Morgan fingerprint density at radius 3 is 2.60 bits per heavy atom. The molecule has 6 nitrogen and oxygen atoms in total. The van der Waals surface area contributed by atoms with Gasteiger partial charge in [-0.3, -0.25) is 9.59 Å². The molecule has 0 amide bonds. The zero-order valence-corrected chi connectivity index (χ0v) is 12.8. The minimum absolute atomic E-state index is 0.0565. The summed E-state index contributed by atoms with van der Waals surface area (Å²) in [6, 6.07) is 0. The molecule has 7 heteroatoms. The Morgan fingerprint density at radius 2 is 2.05 bits per heavy atom. The van der Waals surface area contributed by atoms with E-state index in [1.807, 2.05) is 0 Å². The lowest BCUT2D eigenvalue weighted by Crippen LogP contribution is -2.49. The van der Waals surface area contributed by atoms with Crippen molar-refractivity contribution in [1.29, 1.82) is 0 Å². The molecule has 0 N–H and O–H groups in total. The molecule has 0 radical (unpaired) electrons. The highest BCUT2D eigenvalue weighted by Gasteiger charge is 2.49. The van der Waals surface area contributed by atoms with Crippen LogP contribution >= 0.6 is 0 Å². The van der Waals surface area contributed by atoms with E-state index in [2.05, 4.69) is 0 Å². The van der Waals surface area contributed by atoms with Gasteiger partial charge < -0.3 is 9.47 Å². The number of rotatable bonds is 7. The lowest BCUT2D eigenvalue weighted by Gasteiger charge is -2.33. The molecule has 0 aromatic carbocycles. The van der Waals surface area contributed by atoms with E-state index in [1.54, 1.807) is 13.8 Å². The zero-order chi connectivity index (χ0) is 15.2. The van der Waals surface area contributed by atoms with E-state index in [9.17, 15) is 18.0 Å². The average Bonchev–Trinajstić information content (AvgIpc) is 2.38. The predicted molar refractivity (Wildman–Crippen MR) is 73.1 cm³/mol. The van der Waals surface area contributed by atoms with Crippen molar-refractivity contribution in [2.24, 2.45) is 5.41 Å². The normalized spacial score (nSPS) is 23.6. The third-order valence-corrected chi connectivity index (χ3v) is 5.23. The van der Waals surface area contributed by atoms with Crippen LogP contribution in [0.1, 0.15) is 33.1 Å². The first-order chi connectivity index (χ1) is 9.38. The maximum Gasteiger partial charge on any atom is 0.322 e. The second-order valence-corrected chi connectivity index (χ2v) is 7.23. The fourth-order valence-corrected chi connectivity index (χ4v) is 3.72. The SMILES string of the molecule is CCCS(=O)(=O)CCC1(C(=O)OCC)COCCC1=O. The minimum atomic E-state index is -3.26. The summed E-state index contributed by atoms with van der Waals surface area (Å²) in [6.07, 6.45) is 0.568. The fourth-order valence-electron chi connectivity index (χ4n) is 2.23. The highest BCUT2D eigenvalue weighted by molar-refractivity contribution is 7.91. The quantitative estimate of drug-likeness (QED) is 0.509. The first kappa shape index (κ1) is 17.1. The van der Waals surface area contributed by atoms with Gasteiger partial charge in [-0.25, -0.2) is 8.42 Å². The molecule has 1 rings (SSSR count). The van der Waals surface area contributed by atoms with Crippen LogP contribution in [0, 0.1) is 5.41 Å². The fraction of sp³-hybridized carbons (Fsp3) is 0.846. The average molecular weight is 306 g/mol. The van der Waals surface area contributed by atoms with E-state index < -0.39 is 21.2 Å². The molecule has 1 saturated heterocycles. The van der Waals surface area contributed by atoms with E-state index in [0.29, 0.717) is 6.42 Å². The van der Waals surface area contributed by atoms with Crippen LogP contribution in [-0.2, 0) is 28.9 Å². The van der Waals surface area contributed by atoms with Gasteiger partial charge in [0, 0.05) is 12.2 Å². The summed E-state index contributed by atoms with van der Waals surface area (Å²) in [4.78, 5) is 24.2. The Kier molecular flexibility index (Phi) is 6.13. The summed E-state index contributed by atoms with van der Waals surface area (Å²) in [5.41, 5.74) is -1.45. The van der Waals surface area contributed by atoms with Gasteiger partial charge in [0.25, 0.3) is 0 Å². The summed E-state index contributed by atoms with van der Waals surface area (Å²) >= 11 is 0. The molecule has 1 aliphatic heterocycles. The second kappa shape index (κ2) is 7.17. The van der Waals surface area contributed by atoms with Crippen LogP contribution in [-0.4, -0.2) is 51.5 Å². The minimum Gasteiger partial charge on any atom is -0.465 e. The molecule has 0 saturated carbocycles. The first-order valence-corrected chi connectivity index (χ1v) is 8.69. The Morgan fingerprint density at radius 1 is 1.35 bits per heavy atom. The van der Waals surface area contributed by atoms with Gasteiger partial charge in [0.15, 0.2) is 11.2 Å². The third kappa shape index (κ3) is 4.02. The smallest absolute Gasteiger partial charge is 0.322 e. The number of carbonyl (C=O) groups is 2. The molecule has 1 atom stereocenters. The van der Waals surface area contributed by atoms with Crippen molar-refractivity contribution < 1.29 is 27.5 Å². The van der Waals surface area contributed by atoms with E-state index in [1.165, 1.54) is 0 Å². The van der Waals surface area contributed by atoms with Crippen molar-refractivity contribution in [3.63, 3.8) is 0 Å². The van der Waals surface area contributed by atoms with Crippen molar-refractivity contribution in [3.05, 3.63) is 0 Å². The molecular weight excluding hydrogens is 284 g/mol. The Balaban J connectivity index is 2.89. The summed E-state index contributed by atoms with van der Waals surface area (Å²) in [5.74, 6) is -1.10. The monoisotopic (exact) mass is 306 g/mol. The Bertz CT molecular complexity index is 455. The molecule has 116 valence electrons. The zero-order valence-electron chi connectivity index (χ0n) is 12.0. The summed E-state index contributed by atoms with van der Waals surface area (Å²) in [7, 11) is -3.26. The van der Waals surface area contributed by atoms with Gasteiger partial charge in [0.05, 0.1) is 25.6 Å². The van der Waals surface area contributed by atoms with Crippen molar-refractivity contribution >= 4 is 21.6 Å². The van der Waals surface area contributed by atoms with Crippen molar-refractivity contribution in [1.82, 2.24) is 0 Å². The molecule has 0 bridgehead atoms. The number of Topliss-reactive ketones (excluding diaryl/α,β-unsaturated/α-hetero) is 1. The van der Waals surface area contributed by atoms with Crippen molar-refractivity contribution in [2.45, 2.75) is 33.1 Å². The third-order valence-electron chi connectivity index (χ3n) is 3.38. The van der Waals surface area contributed by atoms with E-state index in [-0.39, 0.29) is 50.0 Å². The van der Waals surface area contributed by atoms with Crippen LogP contribution < -0.4 is 0 Å². The van der Waals surface area contributed by atoms with Gasteiger partial charge in [-0.2, -0.15) is 0 Å². The number of hydrogen-bond acceptors (Lipinski definition) is 6. The van der Waals surface area contributed by atoms with Gasteiger partial charge >= 0.3 is 5.97 Å². The molecule has 0 aromatic rings. The maximum atomic E-state index is 12.1. The second-order valence-electron chi connectivity index (χ2n) is 4.93. The lowest BCUT2D eigenvalue weighted by atomic mass is 9.79. The summed E-state index contributed by atoms with van der Waals surface area (Å²) in [5, 5.41) is 0. The van der Waals surface area contributed by atoms with Gasteiger partial charge in [-0.05, 0) is 19.8 Å². The van der Waals surface area contributed by atoms with Gasteiger partial charge in [-0.15, -0.1) is 0 Å². The van der Waals surface area contributed by atoms with Crippen LogP contribution in [0.4, 0.5) is 0 Å². The molecule has 0 spiro atoms. The van der Waals surface area contributed by atoms with E-state index in [4.69, 9.17) is 9.47 Å². The molecule has 0 aliphatic carbocycles. The van der Waals surface area contributed by atoms with Crippen LogP contribution in [0.5, 0.6) is 0 Å². The van der Waals surface area contributed by atoms with Crippen molar-refractivity contribution in [3.8, 4) is 0 Å². The molecule has 1 unspecified atom stereocenters. The summed E-state index contributed by atoms with van der Waals surface area (Å²) in [6.45, 7) is 3.74. The number of ketones is 1. The highest BCUT2D eigenvalue weighted by Crippen LogP contribution is 2.31. The molecule has 1 fully saturated rings. The van der Waals surface area contributed by atoms with Crippen LogP contribution in [0.2, 0.25) is 0 Å². The Labute approximate surface area is 119 Å². The number of carbonyl (C=O) groups excluding carboxylic acids is 2. The molecular formula is C13H22O6S. The van der Waals surface area contributed by atoms with E-state index >= 15 is 0 Å². The van der Waals surface area contributed by atoms with E-state index in [0.717, 1.165) is 0 Å². The highest BCUT2D eigenvalue weighted by atomic mass is 32.2.